The van der Waals surface area contributed by atoms with Gasteiger partial charge >= 0.3 is 0 Å². The Bertz CT molecular complexity index is 1530. The van der Waals surface area contributed by atoms with Crippen LogP contribution < -0.4 is 0 Å². The number of phenols is 1. The minimum atomic E-state index is 0.157. The van der Waals surface area contributed by atoms with Crippen LogP contribution in [0.2, 0.25) is 0 Å². The van der Waals surface area contributed by atoms with Crippen LogP contribution in [0, 0.1) is 11.3 Å². The molecule has 3 aromatic carbocycles. The van der Waals surface area contributed by atoms with Crippen molar-refractivity contribution in [3.63, 3.8) is 0 Å². The third kappa shape index (κ3) is 3.62. The fraction of sp³-hybridized carbons (Fsp3) is 0.107. The number of hydrogen-bond acceptors (Lipinski definition) is 4. The number of rotatable bonds is 4. The molecule has 0 bridgehead atoms. The van der Waals surface area contributed by atoms with Gasteiger partial charge in [0.25, 0.3) is 0 Å². The monoisotopic (exact) mass is 430 g/mol. The Balaban J connectivity index is 1.71. The van der Waals surface area contributed by atoms with Crippen molar-refractivity contribution < 1.29 is 5.11 Å². The second-order valence-corrected chi connectivity index (χ2v) is 8.21. The van der Waals surface area contributed by atoms with E-state index in [4.69, 9.17) is 4.98 Å². The van der Waals surface area contributed by atoms with Gasteiger partial charge in [0, 0.05) is 23.4 Å². The van der Waals surface area contributed by atoms with E-state index in [0.717, 1.165) is 39.2 Å². The lowest BCUT2D eigenvalue weighted by molar-refractivity contribution is 0.476. The predicted octanol–water partition coefficient (Wildman–Crippen LogP) is 6.59. The molecule has 0 aliphatic rings. The first-order valence-corrected chi connectivity index (χ1v) is 10.8. The molecule has 2 heterocycles. The third-order valence-corrected chi connectivity index (χ3v) is 5.74. The van der Waals surface area contributed by atoms with Crippen molar-refractivity contribution in [2.24, 2.45) is 0 Å². The first-order valence-electron chi connectivity index (χ1n) is 10.8. The molecule has 0 radical (unpaired) electrons. The topological polar surface area (TPSA) is 74.7 Å². The molecule has 0 unspecified atom stereocenters. The van der Waals surface area contributed by atoms with Crippen LogP contribution >= 0.6 is 0 Å². The molecule has 0 fully saturated rings. The Kier molecular flexibility index (Phi) is 5.12. The van der Waals surface area contributed by atoms with Crippen LogP contribution in [0.5, 0.6) is 5.75 Å². The van der Waals surface area contributed by atoms with Gasteiger partial charge in [0.05, 0.1) is 33.9 Å². The highest BCUT2D eigenvalue weighted by Crippen LogP contribution is 2.37. The quantitative estimate of drug-likeness (QED) is 0.349. The second kappa shape index (κ2) is 8.25. The number of imidazole rings is 1. The number of pyridine rings is 1. The Morgan fingerprint density at radius 2 is 1.64 bits per heavy atom. The summed E-state index contributed by atoms with van der Waals surface area (Å²) in [5, 5.41) is 19.7. The van der Waals surface area contributed by atoms with Gasteiger partial charge < -0.3 is 9.67 Å². The summed E-state index contributed by atoms with van der Waals surface area (Å²) in [6.45, 7) is 4.23. The lowest BCUT2D eigenvalue weighted by Crippen LogP contribution is -2.03. The van der Waals surface area contributed by atoms with E-state index in [1.807, 2.05) is 36.4 Å². The Morgan fingerprint density at radius 1 is 0.879 bits per heavy atom. The highest BCUT2D eigenvalue weighted by molar-refractivity contribution is 5.95. The zero-order valence-electron chi connectivity index (χ0n) is 18.4. The number of nitriles is 1. The summed E-state index contributed by atoms with van der Waals surface area (Å²) in [5.74, 6) is 0.951. The van der Waals surface area contributed by atoms with Crippen molar-refractivity contribution >= 4 is 11.0 Å². The maximum Gasteiger partial charge on any atom is 0.145 e. The van der Waals surface area contributed by atoms with Crippen LogP contribution in [-0.4, -0.2) is 19.6 Å². The second-order valence-electron chi connectivity index (χ2n) is 8.21. The van der Waals surface area contributed by atoms with Crippen LogP contribution in [0.25, 0.3) is 44.8 Å². The summed E-state index contributed by atoms with van der Waals surface area (Å²) in [7, 11) is 0. The highest BCUT2D eigenvalue weighted by atomic mass is 16.3. The first-order chi connectivity index (χ1) is 16.1. The molecule has 5 nitrogen and oxygen atoms in total. The van der Waals surface area contributed by atoms with Crippen LogP contribution in [0.3, 0.4) is 0 Å². The van der Waals surface area contributed by atoms with E-state index in [1.165, 1.54) is 0 Å². The summed E-state index contributed by atoms with van der Waals surface area (Å²) in [5.41, 5.74) is 6.88. The van der Waals surface area contributed by atoms with Crippen molar-refractivity contribution in [1.82, 2.24) is 14.5 Å². The molecule has 0 aliphatic heterocycles. The number of para-hydroxylation sites is 2. The summed E-state index contributed by atoms with van der Waals surface area (Å²) >= 11 is 0. The van der Waals surface area contributed by atoms with E-state index >= 15 is 0 Å². The normalized spacial score (nSPS) is 11.1. The molecule has 5 aromatic rings. The summed E-state index contributed by atoms with van der Waals surface area (Å²) in [6.07, 6.45) is 1.66. The number of benzene rings is 3. The maximum absolute atomic E-state index is 10.5. The van der Waals surface area contributed by atoms with E-state index in [2.05, 4.69) is 53.7 Å². The van der Waals surface area contributed by atoms with Crippen molar-refractivity contribution in [1.29, 1.82) is 5.26 Å². The van der Waals surface area contributed by atoms with E-state index in [0.29, 0.717) is 11.1 Å². The van der Waals surface area contributed by atoms with Gasteiger partial charge in [0.2, 0.25) is 0 Å². The van der Waals surface area contributed by atoms with E-state index in [1.54, 1.807) is 24.4 Å². The molecule has 0 saturated carbocycles. The molecule has 0 spiro atoms. The Hall–Kier alpha value is -4.43. The van der Waals surface area contributed by atoms with E-state index in [9.17, 15) is 10.4 Å². The number of nitrogens with zero attached hydrogens (tertiary/aromatic N) is 4. The number of phenolic OH excluding ortho intramolecular Hbond substituents is 1. The predicted molar refractivity (Wildman–Crippen MR) is 131 cm³/mol. The molecule has 160 valence electrons. The lowest BCUT2D eigenvalue weighted by Gasteiger charge is -2.14. The van der Waals surface area contributed by atoms with Crippen molar-refractivity contribution in [2.45, 2.75) is 19.9 Å². The molecular formula is C28H22N4O. The Morgan fingerprint density at radius 3 is 2.42 bits per heavy atom. The standard InChI is InChI=1S/C28H22N4O/c1-18(2)32-25-11-6-10-22(27(25)31-28(32)23-9-3-4-12-26(23)33)20-7-5-8-21(16-20)24-15-19(17-29)13-14-30-24/h3-16,18,33H,1-2H3. The molecule has 0 amide bonds. The molecule has 33 heavy (non-hydrogen) atoms. The minimum absolute atomic E-state index is 0.157. The average Bonchev–Trinajstić information content (AvgIpc) is 3.24. The SMILES string of the molecule is CC(C)n1c(-c2ccccc2O)nc2c(-c3cccc(-c4cc(C#N)ccn4)c3)cccc21. The third-order valence-electron chi connectivity index (χ3n) is 5.74. The molecule has 0 saturated heterocycles. The highest BCUT2D eigenvalue weighted by Gasteiger charge is 2.19. The minimum Gasteiger partial charge on any atom is -0.507 e. The van der Waals surface area contributed by atoms with Gasteiger partial charge in [-0.25, -0.2) is 4.98 Å². The van der Waals surface area contributed by atoms with Crippen LogP contribution in [0.4, 0.5) is 0 Å². The fourth-order valence-corrected chi connectivity index (χ4v) is 4.23. The van der Waals surface area contributed by atoms with Crippen LogP contribution in [-0.2, 0) is 0 Å². The zero-order chi connectivity index (χ0) is 22.9. The molecular weight excluding hydrogens is 408 g/mol. The molecule has 2 aromatic heterocycles. The molecule has 0 aliphatic carbocycles. The summed E-state index contributed by atoms with van der Waals surface area (Å²) < 4.78 is 2.16. The Labute approximate surface area is 192 Å². The van der Waals surface area contributed by atoms with Gasteiger partial charge in [-0.3, -0.25) is 4.98 Å². The van der Waals surface area contributed by atoms with E-state index in [-0.39, 0.29) is 11.8 Å². The van der Waals surface area contributed by atoms with Crippen molar-refractivity contribution in [3.05, 3.63) is 90.6 Å². The molecule has 0 atom stereocenters. The summed E-state index contributed by atoms with van der Waals surface area (Å²) in [6, 6.07) is 27.4. The number of aromatic hydroxyl groups is 1. The number of aromatic nitrogens is 3. The fourth-order valence-electron chi connectivity index (χ4n) is 4.23. The maximum atomic E-state index is 10.5. The van der Waals surface area contributed by atoms with Crippen molar-refractivity contribution in [2.75, 3.05) is 0 Å². The smallest absolute Gasteiger partial charge is 0.145 e. The zero-order valence-corrected chi connectivity index (χ0v) is 18.4. The van der Waals surface area contributed by atoms with Gasteiger partial charge in [0.15, 0.2) is 0 Å². The van der Waals surface area contributed by atoms with Crippen molar-refractivity contribution in [3.8, 4) is 45.6 Å². The average molecular weight is 431 g/mol. The van der Waals surface area contributed by atoms with E-state index < -0.39 is 0 Å². The summed E-state index contributed by atoms with van der Waals surface area (Å²) in [4.78, 5) is 9.46. The largest absolute Gasteiger partial charge is 0.507 e. The number of hydrogen-bond donors (Lipinski definition) is 1. The van der Waals surface area contributed by atoms with Gasteiger partial charge in [0.1, 0.15) is 11.6 Å². The molecule has 5 heteroatoms. The molecule has 1 N–H and O–H groups in total. The first kappa shape index (κ1) is 20.5. The molecule has 5 rings (SSSR count). The van der Waals surface area contributed by atoms with Gasteiger partial charge in [-0.1, -0.05) is 42.5 Å². The van der Waals surface area contributed by atoms with Crippen LogP contribution in [0.1, 0.15) is 25.5 Å². The lowest BCUT2D eigenvalue weighted by atomic mass is 10.00. The van der Waals surface area contributed by atoms with Gasteiger partial charge in [-0.05, 0) is 55.8 Å². The van der Waals surface area contributed by atoms with Crippen LogP contribution in [0.15, 0.2) is 85.1 Å². The van der Waals surface area contributed by atoms with Gasteiger partial charge in [-0.2, -0.15) is 5.26 Å². The van der Waals surface area contributed by atoms with Gasteiger partial charge in [-0.15, -0.1) is 0 Å². The number of fused-ring (bicyclic) bond motifs is 1.